The van der Waals surface area contributed by atoms with Gasteiger partial charge in [0.15, 0.2) is 5.96 Å². The molecule has 0 aliphatic carbocycles. The van der Waals surface area contributed by atoms with Crippen molar-refractivity contribution in [1.82, 2.24) is 15.5 Å². The molecule has 8 heteroatoms. The molecule has 2 N–H and O–H groups in total. The molecule has 160 valence electrons. The lowest BCUT2D eigenvalue weighted by Gasteiger charge is -2.37. The molecule has 1 unspecified atom stereocenters. The van der Waals surface area contributed by atoms with Gasteiger partial charge in [-0.15, -0.1) is 24.0 Å². The molecule has 1 aromatic carbocycles. The zero-order valence-electron chi connectivity index (χ0n) is 17.7. The number of ether oxygens (including phenoxy) is 3. The van der Waals surface area contributed by atoms with Crippen LogP contribution in [0.4, 0.5) is 0 Å². The van der Waals surface area contributed by atoms with E-state index in [1.165, 1.54) is 0 Å². The number of nitrogens with one attached hydrogen (secondary N) is 2. The lowest BCUT2D eigenvalue weighted by Crippen LogP contribution is -2.52. The van der Waals surface area contributed by atoms with Crippen molar-refractivity contribution in [2.24, 2.45) is 10.9 Å². The molecule has 1 aliphatic heterocycles. The second kappa shape index (κ2) is 13.1. The lowest BCUT2D eigenvalue weighted by atomic mass is 10.0. The standard InChI is InChI=1S/C20H34N4O3.HI/c1-15(2)18(24-8-10-27-11-9-24)14-23-20(21-3)22-13-16-6-7-17(25-4)12-19(16)26-5;/h6-7,12,15,18H,8-11,13-14H2,1-5H3,(H2,21,22,23);1H. The fourth-order valence-corrected chi connectivity index (χ4v) is 3.29. The van der Waals surface area contributed by atoms with Crippen molar-refractivity contribution >= 4 is 29.9 Å². The summed E-state index contributed by atoms with van der Waals surface area (Å²) in [5.41, 5.74) is 1.05. The second-order valence-corrected chi connectivity index (χ2v) is 6.94. The van der Waals surface area contributed by atoms with E-state index in [4.69, 9.17) is 14.2 Å². The predicted molar refractivity (Wildman–Crippen MR) is 124 cm³/mol. The van der Waals surface area contributed by atoms with E-state index in [9.17, 15) is 0 Å². The van der Waals surface area contributed by atoms with Crippen LogP contribution >= 0.6 is 24.0 Å². The van der Waals surface area contributed by atoms with Crippen molar-refractivity contribution in [3.05, 3.63) is 23.8 Å². The van der Waals surface area contributed by atoms with Crippen LogP contribution in [0.25, 0.3) is 0 Å². The Morgan fingerprint density at radius 2 is 1.89 bits per heavy atom. The molecule has 28 heavy (non-hydrogen) atoms. The summed E-state index contributed by atoms with van der Waals surface area (Å²) < 4.78 is 16.2. The highest BCUT2D eigenvalue weighted by Gasteiger charge is 2.23. The summed E-state index contributed by atoms with van der Waals surface area (Å²) in [5, 5.41) is 6.84. The van der Waals surface area contributed by atoms with Crippen LogP contribution in [-0.4, -0.2) is 71.0 Å². The molecule has 0 amide bonds. The molecular weight excluding hydrogens is 471 g/mol. The van der Waals surface area contributed by atoms with Crippen LogP contribution in [0.5, 0.6) is 11.5 Å². The molecule has 1 aromatic rings. The van der Waals surface area contributed by atoms with E-state index < -0.39 is 0 Å². The second-order valence-electron chi connectivity index (χ2n) is 6.94. The van der Waals surface area contributed by atoms with Crippen LogP contribution in [0.2, 0.25) is 0 Å². The van der Waals surface area contributed by atoms with Gasteiger partial charge in [0.2, 0.25) is 0 Å². The molecule has 0 radical (unpaired) electrons. The third-order valence-electron chi connectivity index (χ3n) is 4.93. The quantitative estimate of drug-likeness (QED) is 0.321. The highest BCUT2D eigenvalue weighted by Crippen LogP contribution is 2.24. The van der Waals surface area contributed by atoms with Gasteiger partial charge in [-0.1, -0.05) is 13.8 Å². The van der Waals surface area contributed by atoms with E-state index in [-0.39, 0.29) is 24.0 Å². The maximum Gasteiger partial charge on any atom is 0.191 e. The number of halogens is 1. The van der Waals surface area contributed by atoms with Crippen molar-refractivity contribution in [2.75, 3.05) is 54.1 Å². The molecule has 1 aliphatic rings. The Balaban J connectivity index is 0.00000392. The van der Waals surface area contributed by atoms with E-state index in [1.807, 2.05) is 18.2 Å². The molecule has 1 atom stereocenters. The fraction of sp³-hybridized carbons (Fsp3) is 0.650. The van der Waals surface area contributed by atoms with Crippen molar-refractivity contribution in [3.8, 4) is 11.5 Å². The monoisotopic (exact) mass is 506 g/mol. The summed E-state index contributed by atoms with van der Waals surface area (Å²) in [6.07, 6.45) is 0. The van der Waals surface area contributed by atoms with Gasteiger partial charge < -0.3 is 24.8 Å². The zero-order valence-corrected chi connectivity index (χ0v) is 20.0. The van der Waals surface area contributed by atoms with Crippen molar-refractivity contribution in [1.29, 1.82) is 0 Å². The third-order valence-corrected chi connectivity index (χ3v) is 4.93. The van der Waals surface area contributed by atoms with Crippen molar-refractivity contribution in [2.45, 2.75) is 26.4 Å². The van der Waals surface area contributed by atoms with Gasteiger partial charge in [-0.2, -0.15) is 0 Å². The number of methoxy groups -OCH3 is 2. The maximum absolute atomic E-state index is 5.48. The summed E-state index contributed by atoms with van der Waals surface area (Å²) in [6, 6.07) is 6.27. The van der Waals surface area contributed by atoms with Gasteiger partial charge in [0.25, 0.3) is 0 Å². The van der Waals surface area contributed by atoms with Gasteiger partial charge in [0, 0.05) is 50.9 Å². The normalized spacial score (nSPS) is 16.3. The van der Waals surface area contributed by atoms with E-state index in [0.717, 1.165) is 55.9 Å². The lowest BCUT2D eigenvalue weighted by molar-refractivity contribution is 0.00752. The Labute approximate surface area is 186 Å². The first-order chi connectivity index (χ1) is 13.1. The first-order valence-electron chi connectivity index (χ1n) is 9.56. The molecule has 0 spiro atoms. The van der Waals surface area contributed by atoms with Gasteiger partial charge in [0.1, 0.15) is 11.5 Å². The number of guanidine groups is 1. The fourth-order valence-electron chi connectivity index (χ4n) is 3.29. The van der Waals surface area contributed by atoms with Crippen molar-refractivity contribution < 1.29 is 14.2 Å². The number of benzene rings is 1. The molecule has 2 rings (SSSR count). The van der Waals surface area contributed by atoms with E-state index in [2.05, 4.69) is 34.4 Å². The number of aliphatic imine (C=N–C) groups is 1. The van der Waals surface area contributed by atoms with Crippen LogP contribution in [0.15, 0.2) is 23.2 Å². The average molecular weight is 506 g/mol. The van der Waals surface area contributed by atoms with Crippen LogP contribution in [0.1, 0.15) is 19.4 Å². The number of hydrogen-bond donors (Lipinski definition) is 2. The Morgan fingerprint density at radius 3 is 2.46 bits per heavy atom. The molecule has 1 saturated heterocycles. The highest BCUT2D eigenvalue weighted by atomic mass is 127. The average Bonchev–Trinajstić information content (AvgIpc) is 2.70. The van der Waals surface area contributed by atoms with Gasteiger partial charge in [-0.25, -0.2) is 0 Å². The summed E-state index contributed by atoms with van der Waals surface area (Å²) in [5.74, 6) is 2.91. The maximum atomic E-state index is 5.48. The number of rotatable bonds is 8. The minimum atomic E-state index is 0. The number of morpholine rings is 1. The van der Waals surface area contributed by atoms with Crippen LogP contribution in [-0.2, 0) is 11.3 Å². The summed E-state index contributed by atoms with van der Waals surface area (Å²) in [7, 11) is 5.11. The number of nitrogens with zero attached hydrogens (tertiary/aromatic N) is 2. The third kappa shape index (κ3) is 7.29. The first kappa shape index (κ1) is 24.8. The molecule has 0 aromatic heterocycles. The van der Waals surface area contributed by atoms with E-state index >= 15 is 0 Å². The smallest absolute Gasteiger partial charge is 0.191 e. The van der Waals surface area contributed by atoms with Crippen molar-refractivity contribution in [3.63, 3.8) is 0 Å². The molecule has 7 nitrogen and oxygen atoms in total. The Kier molecular flexibility index (Phi) is 11.6. The Bertz CT molecular complexity index is 607. The van der Waals surface area contributed by atoms with Gasteiger partial charge in [-0.05, 0) is 18.1 Å². The van der Waals surface area contributed by atoms with Gasteiger partial charge in [0.05, 0.1) is 27.4 Å². The minimum absolute atomic E-state index is 0. The predicted octanol–water partition coefficient (Wildman–Crippen LogP) is 2.34. The summed E-state index contributed by atoms with van der Waals surface area (Å²) >= 11 is 0. The molecule has 1 fully saturated rings. The molecule has 0 bridgehead atoms. The molecular formula is C20H35IN4O3. The zero-order chi connectivity index (χ0) is 19.6. The Hall–Kier alpha value is -1.26. The highest BCUT2D eigenvalue weighted by molar-refractivity contribution is 14.0. The van der Waals surface area contributed by atoms with Gasteiger partial charge in [-0.3, -0.25) is 9.89 Å². The molecule has 1 heterocycles. The van der Waals surface area contributed by atoms with Crippen LogP contribution < -0.4 is 20.1 Å². The van der Waals surface area contributed by atoms with Crippen LogP contribution in [0, 0.1) is 5.92 Å². The summed E-state index contributed by atoms with van der Waals surface area (Å²) in [6.45, 7) is 9.59. The summed E-state index contributed by atoms with van der Waals surface area (Å²) in [4.78, 5) is 6.86. The topological polar surface area (TPSA) is 67.4 Å². The van der Waals surface area contributed by atoms with Crippen LogP contribution in [0.3, 0.4) is 0 Å². The van der Waals surface area contributed by atoms with Gasteiger partial charge >= 0.3 is 0 Å². The Morgan fingerprint density at radius 1 is 1.18 bits per heavy atom. The number of hydrogen-bond acceptors (Lipinski definition) is 5. The largest absolute Gasteiger partial charge is 0.497 e. The minimum Gasteiger partial charge on any atom is -0.497 e. The first-order valence-corrected chi connectivity index (χ1v) is 9.56. The van der Waals surface area contributed by atoms with E-state index in [1.54, 1.807) is 21.3 Å². The SMILES string of the molecule is CN=C(NCc1ccc(OC)cc1OC)NCC(C(C)C)N1CCOCC1.I. The van der Waals surface area contributed by atoms with E-state index in [0.29, 0.717) is 18.5 Å². The molecule has 0 saturated carbocycles.